The minimum atomic E-state index is -0.802. The molecule has 4 N–H and O–H groups in total. The average molecular weight is 281 g/mol. The molecule has 0 aromatic carbocycles. The summed E-state index contributed by atoms with van der Waals surface area (Å²) >= 11 is 0. The van der Waals surface area contributed by atoms with Gasteiger partial charge in [-0.1, -0.05) is 19.1 Å². The Morgan fingerprint density at radius 1 is 1.65 bits per heavy atom. The third kappa shape index (κ3) is 2.90. The highest BCUT2D eigenvalue weighted by Crippen LogP contribution is 2.27. The molecule has 1 saturated heterocycles. The third-order valence-corrected chi connectivity index (χ3v) is 3.24. The van der Waals surface area contributed by atoms with Gasteiger partial charge in [-0.25, -0.2) is 4.79 Å². The monoisotopic (exact) mass is 281 g/mol. The Bertz CT molecular complexity index is 555. The molecule has 1 fully saturated rings. The number of hydrogen-bond donors (Lipinski definition) is 3. The summed E-state index contributed by atoms with van der Waals surface area (Å²) in [5, 5.41) is 18.8. The van der Waals surface area contributed by atoms with Gasteiger partial charge in [0.15, 0.2) is 0 Å². The SMILES string of the molecule is CCC=Cc1cn([C@H]2CC(O)[C@@H](CO)O2)c(=O)nc1N. The average Bonchev–Trinajstić information content (AvgIpc) is 2.79. The van der Waals surface area contributed by atoms with E-state index in [1.165, 1.54) is 4.57 Å². The van der Waals surface area contributed by atoms with E-state index in [9.17, 15) is 9.90 Å². The molecule has 0 bridgehead atoms. The molecule has 0 radical (unpaired) electrons. The van der Waals surface area contributed by atoms with Crippen LogP contribution in [-0.2, 0) is 4.74 Å². The van der Waals surface area contributed by atoms with Crippen molar-refractivity contribution in [3.63, 3.8) is 0 Å². The normalized spacial score (nSPS) is 26.4. The summed E-state index contributed by atoms with van der Waals surface area (Å²) in [5.41, 5.74) is 5.79. The van der Waals surface area contributed by atoms with Crippen molar-refractivity contribution < 1.29 is 14.9 Å². The molecule has 1 aromatic heterocycles. The Morgan fingerprint density at radius 2 is 2.40 bits per heavy atom. The van der Waals surface area contributed by atoms with Crippen molar-refractivity contribution in [2.75, 3.05) is 12.3 Å². The zero-order chi connectivity index (χ0) is 14.7. The Labute approximate surface area is 116 Å². The zero-order valence-corrected chi connectivity index (χ0v) is 11.3. The van der Waals surface area contributed by atoms with E-state index in [4.69, 9.17) is 15.6 Å². The molecule has 7 heteroatoms. The zero-order valence-electron chi connectivity index (χ0n) is 11.3. The first-order valence-electron chi connectivity index (χ1n) is 6.56. The van der Waals surface area contributed by atoms with Crippen LogP contribution in [0.3, 0.4) is 0 Å². The van der Waals surface area contributed by atoms with E-state index in [0.29, 0.717) is 5.56 Å². The summed E-state index contributed by atoms with van der Waals surface area (Å²) in [6.45, 7) is 1.69. The lowest BCUT2D eigenvalue weighted by atomic mass is 10.2. The number of hydrogen-bond acceptors (Lipinski definition) is 6. The van der Waals surface area contributed by atoms with Crippen molar-refractivity contribution in [1.82, 2.24) is 9.55 Å². The van der Waals surface area contributed by atoms with Crippen LogP contribution >= 0.6 is 0 Å². The first kappa shape index (κ1) is 14.7. The van der Waals surface area contributed by atoms with Gasteiger partial charge >= 0.3 is 5.69 Å². The second-order valence-electron chi connectivity index (χ2n) is 4.70. The van der Waals surface area contributed by atoms with Gasteiger partial charge in [0.25, 0.3) is 0 Å². The van der Waals surface area contributed by atoms with E-state index < -0.39 is 24.1 Å². The summed E-state index contributed by atoms with van der Waals surface area (Å²) in [6.07, 6.45) is 4.20. The second-order valence-corrected chi connectivity index (χ2v) is 4.70. The summed E-state index contributed by atoms with van der Waals surface area (Å²) in [4.78, 5) is 15.6. The van der Waals surface area contributed by atoms with Crippen LogP contribution < -0.4 is 11.4 Å². The summed E-state index contributed by atoms with van der Waals surface area (Å²) < 4.78 is 6.74. The molecule has 0 spiro atoms. The molecular weight excluding hydrogens is 262 g/mol. The maximum absolute atomic E-state index is 11.9. The van der Waals surface area contributed by atoms with Crippen LogP contribution in [0.25, 0.3) is 6.08 Å². The molecule has 0 amide bonds. The van der Waals surface area contributed by atoms with Gasteiger partial charge in [0.2, 0.25) is 0 Å². The largest absolute Gasteiger partial charge is 0.394 e. The van der Waals surface area contributed by atoms with Gasteiger partial charge in [0.1, 0.15) is 18.1 Å². The summed E-state index contributed by atoms with van der Waals surface area (Å²) in [7, 11) is 0. The molecule has 1 aromatic rings. The number of nitrogens with two attached hydrogens (primary N) is 1. The second kappa shape index (κ2) is 6.17. The van der Waals surface area contributed by atoms with Crippen LogP contribution in [0, 0.1) is 0 Å². The van der Waals surface area contributed by atoms with Crippen molar-refractivity contribution >= 4 is 11.9 Å². The van der Waals surface area contributed by atoms with Crippen LogP contribution in [0.4, 0.5) is 5.82 Å². The first-order valence-corrected chi connectivity index (χ1v) is 6.56. The lowest BCUT2D eigenvalue weighted by Crippen LogP contribution is -2.28. The van der Waals surface area contributed by atoms with E-state index >= 15 is 0 Å². The van der Waals surface area contributed by atoms with Crippen LogP contribution in [0.5, 0.6) is 0 Å². The lowest BCUT2D eigenvalue weighted by molar-refractivity contribution is -0.0458. The maximum Gasteiger partial charge on any atom is 0.351 e. The smallest absolute Gasteiger partial charge is 0.351 e. The van der Waals surface area contributed by atoms with Gasteiger partial charge in [0, 0.05) is 18.2 Å². The van der Waals surface area contributed by atoms with Gasteiger partial charge < -0.3 is 20.7 Å². The number of ether oxygens (including phenoxy) is 1. The molecule has 1 aliphatic heterocycles. The van der Waals surface area contributed by atoms with Crippen molar-refractivity contribution in [3.05, 3.63) is 28.3 Å². The molecule has 0 aliphatic carbocycles. The van der Waals surface area contributed by atoms with Crippen LogP contribution in [0.2, 0.25) is 0 Å². The Hall–Kier alpha value is -1.70. The number of nitrogen functional groups attached to an aromatic ring is 1. The van der Waals surface area contributed by atoms with E-state index in [2.05, 4.69) is 4.98 Å². The molecule has 1 unspecified atom stereocenters. The topological polar surface area (TPSA) is 111 Å². The van der Waals surface area contributed by atoms with E-state index in [1.54, 1.807) is 12.3 Å². The highest BCUT2D eigenvalue weighted by atomic mass is 16.5. The van der Waals surface area contributed by atoms with Gasteiger partial charge in [-0.3, -0.25) is 4.57 Å². The number of allylic oxidation sites excluding steroid dienone is 1. The van der Waals surface area contributed by atoms with Crippen LogP contribution in [-0.4, -0.2) is 38.6 Å². The lowest BCUT2D eigenvalue weighted by Gasteiger charge is -2.15. The number of aliphatic hydroxyl groups is 2. The van der Waals surface area contributed by atoms with Crippen molar-refractivity contribution in [3.8, 4) is 0 Å². The van der Waals surface area contributed by atoms with Gasteiger partial charge in [0.05, 0.1) is 12.7 Å². The molecule has 2 rings (SSSR count). The van der Waals surface area contributed by atoms with Gasteiger partial charge in [-0.15, -0.1) is 0 Å². The number of aromatic nitrogens is 2. The fourth-order valence-corrected chi connectivity index (χ4v) is 2.13. The predicted molar refractivity (Wildman–Crippen MR) is 73.9 cm³/mol. The Balaban J connectivity index is 2.32. The van der Waals surface area contributed by atoms with Gasteiger partial charge in [-0.05, 0) is 6.42 Å². The number of nitrogens with zero attached hydrogens (tertiary/aromatic N) is 2. The third-order valence-electron chi connectivity index (χ3n) is 3.24. The van der Waals surface area contributed by atoms with Crippen LogP contribution in [0.1, 0.15) is 31.6 Å². The van der Waals surface area contributed by atoms with Gasteiger partial charge in [-0.2, -0.15) is 4.98 Å². The molecule has 7 nitrogen and oxygen atoms in total. The Kier molecular flexibility index (Phi) is 4.53. The standard InChI is InChI=1S/C13H19N3O4/c1-2-3-4-8-6-16(13(19)15-12(8)14)11-5-9(18)10(7-17)20-11/h3-4,6,9-11,17-18H,2,5,7H2,1H3,(H2,14,15,19)/t9?,10-,11-/m1/s1. The van der Waals surface area contributed by atoms with Crippen molar-refractivity contribution in [2.24, 2.45) is 0 Å². The van der Waals surface area contributed by atoms with E-state index in [1.807, 2.05) is 13.0 Å². The number of anilines is 1. The maximum atomic E-state index is 11.9. The molecule has 2 heterocycles. The minimum Gasteiger partial charge on any atom is -0.394 e. The van der Waals surface area contributed by atoms with E-state index in [0.717, 1.165) is 6.42 Å². The summed E-state index contributed by atoms with van der Waals surface area (Å²) in [5.74, 6) is 0.160. The Morgan fingerprint density at radius 3 is 3.00 bits per heavy atom. The first-order chi connectivity index (χ1) is 9.56. The molecule has 110 valence electrons. The highest BCUT2D eigenvalue weighted by Gasteiger charge is 2.35. The molecular formula is C13H19N3O4. The number of aliphatic hydroxyl groups excluding tert-OH is 2. The van der Waals surface area contributed by atoms with Crippen molar-refractivity contribution in [2.45, 2.75) is 38.2 Å². The fraction of sp³-hybridized carbons (Fsp3) is 0.538. The fourth-order valence-electron chi connectivity index (χ4n) is 2.13. The quantitative estimate of drug-likeness (QED) is 0.710. The predicted octanol–water partition coefficient (Wildman–Crippen LogP) is -0.111. The highest BCUT2D eigenvalue weighted by molar-refractivity contribution is 5.59. The number of rotatable bonds is 4. The molecule has 0 saturated carbocycles. The minimum absolute atomic E-state index is 0.160. The van der Waals surface area contributed by atoms with E-state index in [-0.39, 0.29) is 18.8 Å². The molecule has 20 heavy (non-hydrogen) atoms. The van der Waals surface area contributed by atoms with Crippen molar-refractivity contribution in [1.29, 1.82) is 0 Å². The van der Waals surface area contributed by atoms with Crippen LogP contribution in [0.15, 0.2) is 17.1 Å². The molecule has 3 atom stereocenters. The summed E-state index contributed by atoms with van der Waals surface area (Å²) in [6, 6.07) is 0. The molecule has 1 aliphatic rings.